The number of rotatable bonds is 7. The van der Waals surface area contributed by atoms with Crippen LogP contribution in [-0.4, -0.2) is 25.8 Å². The van der Waals surface area contributed by atoms with Crippen LogP contribution in [0.2, 0.25) is 0 Å². The first kappa shape index (κ1) is 15.0. The molecule has 106 valence electrons. The van der Waals surface area contributed by atoms with E-state index >= 15 is 0 Å². The predicted molar refractivity (Wildman–Crippen MR) is 83.7 cm³/mol. The van der Waals surface area contributed by atoms with Crippen molar-refractivity contribution in [1.82, 2.24) is 5.32 Å². The van der Waals surface area contributed by atoms with Crippen molar-refractivity contribution in [2.75, 3.05) is 19.8 Å². The van der Waals surface area contributed by atoms with Gasteiger partial charge in [0.2, 0.25) is 0 Å². The minimum absolute atomic E-state index is 0.639. The molecule has 0 aromatic heterocycles. The van der Waals surface area contributed by atoms with E-state index in [4.69, 9.17) is 4.74 Å². The number of hydrogen-bond donors (Lipinski definition) is 1. The van der Waals surface area contributed by atoms with Crippen LogP contribution in [0.1, 0.15) is 37.3 Å². The molecule has 0 heterocycles. The van der Waals surface area contributed by atoms with Gasteiger partial charge in [-0.25, -0.2) is 0 Å². The second kappa shape index (κ2) is 8.03. The average Bonchev–Trinajstić information content (AvgIpc) is 2.43. The fourth-order valence-electron chi connectivity index (χ4n) is 2.62. The van der Waals surface area contributed by atoms with E-state index in [9.17, 15) is 0 Å². The van der Waals surface area contributed by atoms with Crippen LogP contribution in [0.15, 0.2) is 22.7 Å². The van der Waals surface area contributed by atoms with Gasteiger partial charge in [-0.2, -0.15) is 0 Å². The normalized spacial score (nSPS) is 18.3. The van der Waals surface area contributed by atoms with Crippen molar-refractivity contribution < 1.29 is 4.74 Å². The highest BCUT2D eigenvalue weighted by molar-refractivity contribution is 9.10. The molecule has 19 heavy (non-hydrogen) atoms. The molecule has 0 amide bonds. The van der Waals surface area contributed by atoms with Crippen LogP contribution in [0.4, 0.5) is 0 Å². The summed E-state index contributed by atoms with van der Waals surface area (Å²) in [5.74, 6) is 0. The van der Waals surface area contributed by atoms with Gasteiger partial charge in [0.25, 0.3) is 0 Å². The molecule has 1 atom stereocenters. The molecule has 1 N–H and O–H groups in total. The summed E-state index contributed by atoms with van der Waals surface area (Å²) in [5, 5.41) is 3.66. The van der Waals surface area contributed by atoms with E-state index in [0.717, 1.165) is 32.6 Å². The zero-order valence-electron chi connectivity index (χ0n) is 11.8. The van der Waals surface area contributed by atoms with Gasteiger partial charge < -0.3 is 10.1 Å². The van der Waals surface area contributed by atoms with Gasteiger partial charge in [0, 0.05) is 23.7 Å². The van der Waals surface area contributed by atoms with Crippen LogP contribution in [-0.2, 0) is 17.6 Å². The van der Waals surface area contributed by atoms with Crippen molar-refractivity contribution in [2.24, 2.45) is 0 Å². The minimum Gasteiger partial charge on any atom is -0.381 e. The predicted octanol–water partition coefficient (Wildman–Crippen LogP) is 3.71. The van der Waals surface area contributed by atoms with Crippen LogP contribution in [0.5, 0.6) is 0 Å². The second-order valence-electron chi connectivity index (χ2n) is 5.27. The summed E-state index contributed by atoms with van der Waals surface area (Å²) < 4.78 is 6.70. The molecule has 1 aromatic rings. The van der Waals surface area contributed by atoms with Crippen molar-refractivity contribution in [3.05, 3.63) is 33.8 Å². The molecule has 0 spiro atoms. The third-order valence-electron chi connectivity index (χ3n) is 3.64. The van der Waals surface area contributed by atoms with Crippen molar-refractivity contribution in [2.45, 2.75) is 45.1 Å². The van der Waals surface area contributed by atoms with Gasteiger partial charge in [0.15, 0.2) is 0 Å². The summed E-state index contributed by atoms with van der Waals surface area (Å²) in [6.07, 6.45) is 5.84. The third kappa shape index (κ3) is 4.90. The molecule has 0 saturated carbocycles. The molecule has 0 fully saturated rings. The fraction of sp³-hybridized carbons (Fsp3) is 0.625. The van der Waals surface area contributed by atoms with Crippen molar-refractivity contribution in [1.29, 1.82) is 0 Å². The van der Waals surface area contributed by atoms with Gasteiger partial charge in [-0.05, 0) is 61.9 Å². The monoisotopic (exact) mass is 325 g/mol. The first-order chi connectivity index (χ1) is 9.29. The molecule has 0 radical (unpaired) electrons. The van der Waals surface area contributed by atoms with E-state index in [0.29, 0.717) is 6.04 Å². The molecule has 2 nitrogen and oxygen atoms in total. The van der Waals surface area contributed by atoms with E-state index in [-0.39, 0.29) is 0 Å². The van der Waals surface area contributed by atoms with Crippen LogP contribution in [0.25, 0.3) is 0 Å². The quantitative estimate of drug-likeness (QED) is 0.771. The maximum Gasteiger partial charge on any atom is 0.0478 e. The number of hydrogen-bond acceptors (Lipinski definition) is 2. The maximum atomic E-state index is 5.50. The summed E-state index contributed by atoms with van der Waals surface area (Å²) in [4.78, 5) is 0. The fourth-order valence-corrected chi connectivity index (χ4v) is 3.03. The number of fused-ring (bicyclic) bond motifs is 1. The summed E-state index contributed by atoms with van der Waals surface area (Å²) in [6.45, 7) is 5.00. The molecular weight excluding hydrogens is 302 g/mol. The highest BCUT2D eigenvalue weighted by Gasteiger charge is 2.17. The molecule has 3 heteroatoms. The summed E-state index contributed by atoms with van der Waals surface area (Å²) in [6, 6.07) is 7.32. The lowest BCUT2D eigenvalue weighted by molar-refractivity contribution is 0.131. The van der Waals surface area contributed by atoms with E-state index in [1.54, 1.807) is 0 Å². The van der Waals surface area contributed by atoms with E-state index < -0.39 is 0 Å². The SMILES string of the molecule is CCCOCCCNC1CCc2cc(Br)ccc2C1. The molecule has 0 aliphatic heterocycles. The Balaban J connectivity index is 1.69. The standard InChI is InChI=1S/C16H24BrNO/c1-2-9-19-10-3-8-18-16-7-5-13-11-15(17)6-4-14(13)12-16/h4,6,11,16,18H,2-3,5,7-10,12H2,1H3. The second-order valence-corrected chi connectivity index (χ2v) is 6.19. The Morgan fingerprint density at radius 3 is 3.05 bits per heavy atom. The van der Waals surface area contributed by atoms with Crippen LogP contribution < -0.4 is 5.32 Å². The van der Waals surface area contributed by atoms with Gasteiger partial charge in [0.1, 0.15) is 0 Å². The zero-order valence-corrected chi connectivity index (χ0v) is 13.3. The van der Waals surface area contributed by atoms with Crippen LogP contribution in [0, 0.1) is 0 Å². The van der Waals surface area contributed by atoms with Gasteiger partial charge >= 0.3 is 0 Å². The number of nitrogens with one attached hydrogen (secondary N) is 1. The topological polar surface area (TPSA) is 21.3 Å². The van der Waals surface area contributed by atoms with Gasteiger partial charge in [0.05, 0.1) is 0 Å². The Morgan fingerprint density at radius 2 is 2.21 bits per heavy atom. The molecule has 1 unspecified atom stereocenters. The lowest BCUT2D eigenvalue weighted by Crippen LogP contribution is -2.35. The molecule has 0 bridgehead atoms. The molecule has 1 aliphatic carbocycles. The Bertz CT molecular complexity index is 394. The number of ether oxygens (including phenoxy) is 1. The first-order valence-corrected chi connectivity index (χ1v) is 8.17. The van der Waals surface area contributed by atoms with E-state index in [2.05, 4.69) is 46.4 Å². The maximum absolute atomic E-state index is 5.50. The summed E-state index contributed by atoms with van der Waals surface area (Å²) in [7, 11) is 0. The molecule has 2 rings (SSSR count). The van der Waals surface area contributed by atoms with Crippen molar-refractivity contribution >= 4 is 15.9 Å². The zero-order chi connectivity index (χ0) is 13.5. The van der Waals surface area contributed by atoms with Gasteiger partial charge in [-0.15, -0.1) is 0 Å². The van der Waals surface area contributed by atoms with Crippen LogP contribution >= 0.6 is 15.9 Å². The largest absolute Gasteiger partial charge is 0.381 e. The van der Waals surface area contributed by atoms with Crippen LogP contribution in [0.3, 0.4) is 0 Å². The summed E-state index contributed by atoms with van der Waals surface area (Å²) in [5.41, 5.74) is 3.02. The van der Waals surface area contributed by atoms with Gasteiger partial charge in [-0.3, -0.25) is 0 Å². The summed E-state index contributed by atoms with van der Waals surface area (Å²) >= 11 is 3.55. The van der Waals surface area contributed by atoms with E-state index in [1.807, 2.05) is 0 Å². The first-order valence-electron chi connectivity index (χ1n) is 7.38. The smallest absolute Gasteiger partial charge is 0.0478 e. The average molecular weight is 326 g/mol. The van der Waals surface area contributed by atoms with Gasteiger partial charge in [-0.1, -0.05) is 28.9 Å². The minimum atomic E-state index is 0.639. The molecule has 0 saturated heterocycles. The number of benzene rings is 1. The highest BCUT2D eigenvalue weighted by atomic mass is 79.9. The number of halogens is 1. The lowest BCUT2D eigenvalue weighted by Gasteiger charge is -2.25. The highest BCUT2D eigenvalue weighted by Crippen LogP contribution is 2.24. The van der Waals surface area contributed by atoms with E-state index in [1.165, 1.54) is 34.9 Å². The Labute approximate surface area is 125 Å². The Hall–Kier alpha value is -0.380. The number of aryl methyl sites for hydroxylation is 1. The Morgan fingerprint density at radius 1 is 1.32 bits per heavy atom. The molecule has 1 aromatic carbocycles. The Kier molecular flexibility index (Phi) is 6.35. The van der Waals surface area contributed by atoms with Crippen molar-refractivity contribution in [3.63, 3.8) is 0 Å². The lowest BCUT2D eigenvalue weighted by atomic mass is 9.88. The van der Waals surface area contributed by atoms with Crippen molar-refractivity contribution in [3.8, 4) is 0 Å². The third-order valence-corrected chi connectivity index (χ3v) is 4.14. The molecular formula is C16H24BrNO. The molecule has 1 aliphatic rings.